The Morgan fingerprint density at radius 3 is 2.70 bits per heavy atom. The van der Waals surface area contributed by atoms with Crippen molar-refractivity contribution in [1.29, 1.82) is 0 Å². The lowest BCUT2D eigenvalue weighted by Gasteiger charge is -2.20. The van der Waals surface area contributed by atoms with Crippen LogP contribution in [0.3, 0.4) is 0 Å². The van der Waals surface area contributed by atoms with Crippen LogP contribution in [-0.4, -0.2) is 23.3 Å². The van der Waals surface area contributed by atoms with Gasteiger partial charge in [-0.15, -0.1) is 0 Å². The third-order valence-electron chi connectivity index (χ3n) is 3.59. The van der Waals surface area contributed by atoms with Gasteiger partial charge in [-0.1, -0.05) is 19.3 Å². The molecular weight excluding hydrogens is 254 g/mol. The molecule has 0 atom stereocenters. The largest absolute Gasteiger partial charge is 0.347 e. The molecule has 5 heteroatoms. The van der Waals surface area contributed by atoms with Gasteiger partial charge in [0.25, 0.3) is 0 Å². The average molecular weight is 275 g/mol. The Morgan fingerprint density at radius 1 is 1.20 bits per heavy atom. The maximum Gasteiger partial charge on any atom is 0.243 e. The van der Waals surface area contributed by atoms with Gasteiger partial charge < -0.3 is 10.6 Å². The lowest BCUT2D eigenvalue weighted by Crippen LogP contribution is -2.34. The highest BCUT2D eigenvalue weighted by molar-refractivity contribution is 5.94. The Kier molecular flexibility index (Phi) is 5.53. The summed E-state index contributed by atoms with van der Waals surface area (Å²) in [6, 6.07) is 3.51. The van der Waals surface area contributed by atoms with Crippen molar-refractivity contribution in [2.24, 2.45) is 5.92 Å². The first-order valence-corrected chi connectivity index (χ1v) is 7.20. The van der Waals surface area contributed by atoms with Crippen molar-refractivity contribution in [1.82, 2.24) is 10.3 Å². The van der Waals surface area contributed by atoms with Gasteiger partial charge in [-0.05, 0) is 30.9 Å². The van der Waals surface area contributed by atoms with Crippen molar-refractivity contribution < 1.29 is 9.59 Å². The van der Waals surface area contributed by atoms with E-state index in [1.165, 1.54) is 19.3 Å². The minimum absolute atomic E-state index is 0.0143. The first kappa shape index (κ1) is 14.5. The van der Waals surface area contributed by atoms with E-state index in [0.29, 0.717) is 18.0 Å². The summed E-state index contributed by atoms with van der Waals surface area (Å²) in [6.07, 6.45) is 9.75. The van der Waals surface area contributed by atoms with Gasteiger partial charge >= 0.3 is 0 Å². The third-order valence-corrected chi connectivity index (χ3v) is 3.59. The summed E-state index contributed by atoms with van der Waals surface area (Å²) in [5.41, 5.74) is 0.638. The molecule has 0 aromatic carbocycles. The van der Waals surface area contributed by atoms with Crippen LogP contribution in [0, 0.1) is 5.92 Å². The summed E-state index contributed by atoms with van der Waals surface area (Å²) in [6.45, 7) is 0.0143. The van der Waals surface area contributed by atoms with Crippen molar-refractivity contribution in [2.75, 3.05) is 11.9 Å². The zero-order chi connectivity index (χ0) is 14.2. The van der Waals surface area contributed by atoms with Crippen LogP contribution in [0.5, 0.6) is 0 Å². The quantitative estimate of drug-likeness (QED) is 0.864. The molecule has 5 nitrogen and oxygen atoms in total. The second-order valence-corrected chi connectivity index (χ2v) is 5.27. The molecule has 108 valence electrons. The molecule has 1 aliphatic rings. The van der Waals surface area contributed by atoms with Crippen LogP contribution < -0.4 is 10.6 Å². The van der Waals surface area contributed by atoms with Gasteiger partial charge in [-0.2, -0.15) is 0 Å². The minimum atomic E-state index is -0.227. The van der Waals surface area contributed by atoms with Gasteiger partial charge in [-0.3, -0.25) is 14.6 Å². The van der Waals surface area contributed by atoms with Crippen LogP contribution >= 0.6 is 0 Å². The fourth-order valence-corrected chi connectivity index (χ4v) is 2.55. The number of pyridine rings is 1. The van der Waals surface area contributed by atoms with Gasteiger partial charge in [0.15, 0.2) is 0 Å². The minimum Gasteiger partial charge on any atom is -0.347 e. The summed E-state index contributed by atoms with van der Waals surface area (Å²) < 4.78 is 0. The van der Waals surface area contributed by atoms with E-state index >= 15 is 0 Å². The lowest BCUT2D eigenvalue weighted by atomic mass is 9.87. The molecule has 1 aromatic rings. The van der Waals surface area contributed by atoms with E-state index in [4.69, 9.17) is 0 Å². The van der Waals surface area contributed by atoms with Crippen LogP contribution in [0.2, 0.25) is 0 Å². The number of hydrogen-bond acceptors (Lipinski definition) is 3. The number of rotatable bonds is 5. The van der Waals surface area contributed by atoms with Crippen molar-refractivity contribution in [3.05, 3.63) is 24.5 Å². The van der Waals surface area contributed by atoms with Crippen LogP contribution in [0.1, 0.15) is 38.5 Å². The second-order valence-electron chi connectivity index (χ2n) is 5.27. The Bertz CT molecular complexity index is 442. The van der Waals surface area contributed by atoms with Crippen LogP contribution in [0.15, 0.2) is 24.5 Å². The summed E-state index contributed by atoms with van der Waals surface area (Å²) >= 11 is 0. The molecular formula is C15H21N3O2. The highest BCUT2D eigenvalue weighted by Gasteiger charge is 2.17. The van der Waals surface area contributed by atoms with E-state index in [2.05, 4.69) is 15.6 Å². The number of aromatic nitrogens is 1. The predicted octanol–water partition coefficient (Wildman–Crippen LogP) is 2.11. The number of nitrogens with zero attached hydrogens (tertiary/aromatic N) is 1. The third kappa shape index (κ3) is 4.99. The molecule has 0 bridgehead atoms. The Balaban J connectivity index is 1.66. The van der Waals surface area contributed by atoms with Crippen LogP contribution in [0.4, 0.5) is 5.69 Å². The molecule has 0 saturated heterocycles. The van der Waals surface area contributed by atoms with Crippen LogP contribution in [0.25, 0.3) is 0 Å². The van der Waals surface area contributed by atoms with Crippen molar-refractivity contribution in [2.45, 2.75) is 38.5 Å². The maximum absolute atomic E-state index is 11.8. The zero-order valence-electron chi connectivity index (χ0n) is 11.6. The zero-order valence-corrected chi connectivity index (χ0v) is 11.6. The summed E-state index contributed by atoms with van der Waals surface area (Å²) in [4.78, 5) is 27.3. The van der Waals surface area contributed by atoms with Gasteiger partial charge in [-0.25, -0.2) is 0 Å². The van der Waals surface area contributed by atoms with Gasteiger partial charge in [0.2, 0.25) is 11.8 Å². The number of hydrogen-bond donors (Lipinski definition) is 2. The number of anilines is 1. The second kappa shape index (κ2) is 7.62. The topological polar surface area (TPSA) is 71.1 Å². The molecule has 2 N–H and O–H groups in total. The number of carbonyl (C=O) groups is 2. The molecule has 1 heterocycles. The highest BCUT2D eigenvalue weighted by Crippen LogP contribution is 2.25. The summed E-state index contributed by atoms with van der Waals surface area (Å²) in [5.74, 6) is 0.235. The first-order valence-electron chi connectivity index (χ1n) is 7.20. The standard InChI is InChI=1S/C15H21N3O2/c19-14(9-12-5-2-1-3-6-12)17-11-15(20)18-13-7-4-8-16-10-13/h4,7-8,10,12H,1-3,5-6,9,11H2,(H,17,19)(H,18,20). The predicted molar refractivity (Wildman–Crippen MR) is 77.1 cm³/mol. The Hall–Kier alpha value is -1.91. The van der Waals surface area contributed by atoms with Crippen LogP contribution in [-0.2, 0) is 9.59 Å². The Labute approximate surface area is 119 Å². The molecule has 0 radical (unpaired) electrons. The molecule has 0 aliphatic heterocycles. The molecule has 1 fully saturated rings. The molecule has 1 saturated carbocycles. The van der Waals surface area contributed by atoms with Gasteiger partial charge in [0, 0.05) is 12.6 Å². The SMILES string of the molecule is O=C(CC1CCCCC1)NCC(=O)Nc1cccnc1. The van der Waals surface area contributed by atoms with E-state index in [0.717, 1.165) is 12.8 Å². The smallest absolute Gasteiger partial charge is 0.243 e. The van der Waals surface area contributed by atoms with E-state index in [-0.39, 0.29) is 18.4 Å². The lowest BCUT2D eigenvalue weighted by molar-refractivity contribution is -0.125. The number of amides is 2. The fraction of sp³-hybridized carbons (Fsp3) is 0.533. The van der Waals surface area contributed by atoms with Crippen molar-refractivity contribution >= 4 is 17.5 Å². The normalized spacial score (nSPS) is 15.6. The van der Waals surface area contributed by atoms with E-state index in [9.17, 15) is 9.59 Å². The molecule has 1 aliphatic carbocycles. The first-order chi connectivity index (χ1) is 9.74. The summed E-state index contributed by atoms with van der Waals surface area (Å²) in [5, 5.41) is 5.36. The number of nitrogens with one attached hydrogen (secondary N) is 2. The average Bonchev–Trinajstić information content (AvgIpc) is 2.47. The van der Waals surface area contributed by atoms with Gasteiger partial charge in [0.05, 0.1) is 18.4 Å². The van der Waals surface area contributed by atoms with E-state index < -0.39 is 0 Å². The molecule has 2 amide bonds. The van der Waals surface area contributed by atoms with E-state index in [1.54, 1.807) is 24.5 Å². The highest BCUT2D eigenvalue weighted by atomic mass is 16.2. The monoisotopic (exact) mass is 275 g/mol. The number of carbonyl (C=O) groups excluding carboxylic acids is 2. The van der Waals surface area contributed by atoms with Gasteiger partial charge in [0.1, 0.15) is 0 Å². The van der Waals surface area contributed by atoms with E-state index in [1.807, 2.05) is 0 Å². The van der Waals surface area contributed by atoms with Crippen molar-refractivity contribution in [3.8, 4) is 0 Å². The maximum atomic E-state index is 11.8. The molecule has 1 aromatic heterocycles. The molecule has 20 heavy (non-hydrogen) atoms. The van der Waals surface area contributed by atoms with Crippen molar-refractivity contribution in [3.63, 3.8) is 0 Å². The fourth-order valence-electron chi connectivity index (χ4n) is 2.55. The molecule has 2 rings (SSSR count). The molecule has 0 unspecified atom stereocenters. The Morgan fingerprint density at radius 2 is 2.00 bits per heavy atom. The molecule has 0 spiro atoms. The summed E-state index contributed by atoms with van der Waals surface area (Å²) in [7, 11) is 0.